The van der Waals surface area contributed by atoms with E-state index in [0.717, 1.165) is 36.3 Å². The van der Waals surface area contributed by atoms with Crippen molar-refractivity contribution in [2.75, 3.05) is 13.7 Å². The monoisotopic (exact) mass is 424 g/mol. The van der Waals surface area contributed by atoms with E-state index in [1.807, 2.05) is 29.2 Å². The Balaban J connectivity index is 1.36. The van der Waals surface area contributed by atoms with Crippen molar-refractivity contribution in [3.8, 4) is 5.75 Å². The van der Waals surface area contributed by atoms with Crippen LogP contribution in [0.1, 0.15) is 78.9 Å². The Morgan fingerprint density at radius 3 is 2.87 bits per heavy atom. The summed E-state index contributed by atoms with van der Waals surface area (Å²) in [6.45, 7) is 1.19. The van der Waals surface area contributed by atoms with Crippen LogP contribution < -0.4 is 10.1 Å². The second-order valence-corrected chi connectivity index (χ2v) is 8.70. The number of methoxy groups -OCH3 is 1. The van der Waals surface area contributed by atoms with Crippen LogP contribution in [-0.2, 0) is 11.3 Å². The summed E-state index contributed by atoms with van der Waals surface area (Å²) in [5, 5.41) is 10.4. The second-order valence-electron chi connectivity index (χ2n) is 8.70. The van der Waals surface area contributed by atoms with Gasteiger partial charge in [-0.1, -0.05) is 31.4 Å². The average Bonchev–Trinajstić information content (AvgIpc) is 3.24. The maximum absolute atomic E-state index is 13.0. The Hall–Kier alpha value is -2.83. The number of carbonyl (C=O) groups excluding carboxylic acids is 2. The van der Waals surface area contributed by atoms with Gasteiger partial charge in [0.1, 0.15) is 5.75 Å². The van der Waals surface area contributed by atoms with E-state index >= 15 is 0 Å². The Morgan fingerprint density at radius 2 is 2.06 bits per heavy atom. The first kappa shape index (κ1) is 21.4. The van der Waals surface area contributed by atoms with E-state index in [1.54, 1.807) is 13.3 Å². The van der Waals surface area contributed by atoms with Crippen LogP contribution in [0.2, 0.25) is 0 Å². The fraction of sp³-hybridized carbons (Fsp3) is 0.542. The minimum Gasteiger partial charge on any atom is -0.497 e. The molecule has 1 aromatic carbocycles. The van der Waals surface area contributed by atoms with E-state index in [-0.39, 0.29) is 17.9 Å². The highest BCUT2D eigenvalue weighted by molar-refractivity contribution is 5.95. The third-order valence-electron chi connectivity index (χ3n) is 6.58. The van der Waals surface area contributed by atoms with E-state index in [2.05, 4.69) is 15.5 Å². The van der Waals surface area contributed by atoms with Gasteiger partial charge in [-0.15, -0.1) is 0 Å². The molecule has 1 saturated carbocycles. The normalized spacial score (nSPS) is 20.4. The number of likely N-dealkylation sites (tertiary alicyclic amines) is 1. The molecular formula is C24H32N4O3. The molecule has 1 aromatic heterocycles. The maximum atomic E-state index is 13.0. The molecule has 1 atom stereocenters. The van der Waals surface area contributed by atoms with Crippen LogP contribution >= 0.6 is 0 Å². The molecule has 2 N–H and O–H groups in total. The molecule has 4 rings (SSSR count). The lowest BCUT2D eigenvalue weighted by Crippen LogP contribution is -2.36. The minimum absolute atomic E-state index is 0.0131. The first-order valence-corrected chi connectivity index (χ1v) is 11.4. The summed E-state index contributed by atoms with van der Waals surface area (Å²) in [7, 11) is 1.64. The number of carbonyl (C=O) groups is 2. The van der Waals surface area contributed by atoms with Crippen molar-refractivity contribution in [3.63, 3.8) is 0 Å². The Labute approximate surface area is 183 Å². The molecule has 2 heterocycles. The van der Waals surface area contributed by atoms with Gasteiger partial charge >= 0.3 is 0 Å². The van der Waals surface area contributed by atoms with Crippen LogP contribution in [0.3, 0.4) is 0 Å². The lowest BCUT2D eigenvalue weighted by molar-refractivity contribution is -0.131. The number of benzene rings is 1. The van der Waals surface area contributed by atoms with Gasteiger partial charge in [-0.25, -0.2) is 0 Å². The third-order valence-corrected chi connectivity index (χ3v) is 6.58. The summed E-state index contributed by atoms with van der Waals surface area (Å²) in [6.07, 6.45) is 9.41. The number of hydrogen-bond donors (Lipinski definition) is 2. The van der Waals surface area contributed by atoms with Gasteiger partial charge in [0, 0.05) is 31.5 Å². The van der Waals surface area contributed by atoms with Crippen molar-refractivity contribution >= 4 is 11.8 Å². The molecule has 0 spiro atoms. The molecule has 7 heteroatoms. The lowest BCUT2D eigenvalue weighted by atomic mass is 9.85. The summed E-state index contributed by atoms with van der Waals surface area (Å²) >= 11 is 0. The number of nitrogens with zero attached hydrogens (tertiary/aromatic N) is 2. The zero-order valence-electron chi connectivity index (χ0n) is 18.2. The van der Waals surface area contributed by atoms with Gasteiger partial charge in [-0.2, -0.15) is 5.10 Å². The molecule has 1 saturated heterocycles. The number of rotatable bonds is 6. The number of nitrogens with one attached hydrogen (secondary N) is 2. The molecule has 0 bridgehead atoms. The lowest BCUT2D eigenvalue weighted by Gasteiger charge is -2.22. The van der Waals surface area contributed by atoms with Gasteiger partial charge < -0.3 is 15.0 Å². The molecule has 31 heavy (non-hydrogen) atoms. The number of aromatic amines is 1. The van der Waals surface area contributed by atoms with Gasteiger partial charge in [0.15, 0.2) is 0 Å². The molecule has 1 aliphatic carbocycles. The van der Waals surface area contributed by atoms with Crippen molar-refractivity contribution < 1.29 is 14.3 Å². The number of ether oxygens (including phenoxy) is 1. The van der Waals surface area contributed by atoms with Gasteiger partial charge in [0.2, 0.25) is 5.91 Å². The van der Waals surface area contributed by atoms with Crippen LogP contribution in [0.15, 0.2) is 30.5 Å². The summed E-state index contributed by atoms with van der Waals surface area (Å²) in [4.78, 5) is 27.5. The highest BCUT2D eigenvalue weighted by Gasteiger charge is 2.27. The number of aromatic nitrogens is 2. The Morgan fingerprint density at radius 1 is 1.23 bits per heavy atom. The fourth-order valence-corrected chi connectivity index (χ4v) is 4.78. The van der Waals surface area contributed by atoms with E-state index < -0.39 is 0 Å². The largest absolute Gasteiger partial charge is 0.497 e. The van der Waals surface area contributed by atoms with Gasteiger partial charge in [0.05, 0.1) is 24.6 Å². The van der Waals surface area contributed by atoms with Crippen molar-refractivity contribution in [1.82, 2.24) is 20.4 Å². The molecule has 0 radical (unpaired) electrons. The quantitative estimate of drug-likeness (QED) is 0.739. The van der Waals surface area contributed by atoms with Crippen molar-refractivity contribution in [3.05, 3.63) is 47.3 Å². The standard InChI is InChI=1S/C24H32N4O3/c1-31-20-9-5-6-17(14-20)16-28-13-12-19(10-11-22(28)29)26-24(30)21-15-25-27-23(21)18-7-3-2-4-8-18/h5-6,9,14-15,18-19H,2-4,7-8,10-13,16H2,1H3,(H,25,27)(H,26,30). The second kappa shape index (κ2) is 9.98. The first-order valence-electron chi connectivity index (χ1n) is 11.4. The topological polar surface area (TPSA) is 87.3 Å². The fourth-order valence-electron chi connectivity index (χ4n) is 4.78. The number of H-pyrrole nitrogens is 1. The van der Waals surface area contributed by atoms with E-state index in [0.29, 0.717) is 37.4 Å². The van der Waals surface area contributed by atoms with Crippen molar-refractivity contribution in [2.24, 2.45) is 0 Å². The average molecular weight is 425 g/mol. The first-order chi connectivity index (χ1) is 15.1. The van der Waals surface area contributed by atoms with Gasteiger partial charge in [0.25, 0.3) is 5.91 Å². The Bertz CT molecular complexity index is 904. The number of amides is 2. The molecule has 2 amide bonds. The molecule has 1 aliphatic heterocycles. The highest BCUT2D eigenvalue weighted by Crippen LogP contribution is 2.33. The summed E-state index contributed by atoms with van der Waals surface area (Å²) in [5.41, 5.74) is 2.68. The predicted octanol–water partition coefficient (Wildman–Crippen LogP) is 3.78. The zero-order valence-corrected chi connectivity index (χ0v) is 18.2. The van der Waals surface area contributed by atoms with Crippen molar-refractivity contribution in [1.29, 1.82) is 0 Å². The molecule has 166 valence electrons. The number of hydrogen-bond acceptors (Lipinski definition) is 4. The molecule has 2 aromatic rings. The summed E-state index contributed by atoms with van der Waals surface area (Å²) in [5.74, 6) is 1.24. The molecule has 1 unspecified atom stereocenters. The van der Waals surface area contributed by atoms with E-state index in [9.17, 15) is 9.59 Å². The minimum atomic E-state index is -0.0759. The molecule has 2 aliphatic rings. The SMILES string of the molecule is COc1cccc(CN2CCC(NC(=O)c3cn[nH]c3C3CCCCC3)CCC2=O)c1. The smallest absolute Gasteiger partial charge is 0.254 e. The molecular weight excluding hydrogens is 392 g/mol. The van der Waals surface area contributed by atoms with E-state index in [1.165, 1.54) is 19.3 Å². The Kier molecular flexibility index (Phi) is 6.89. The van der Waals surface area contributed by atoms with Crippen LogP contribution in [0, 0.1) is 0 Å². The highest BCUT2D eigenvalue weighted by atomic mass is 16.5. The van der Waals surface area contributed by atoms with Crippen LogP contribution in [0.25, 0.3) is 0 Å². The van der Waals surface area contributed by atoms with Crippen LogP contribution in [-0.4, -0.2) is 46.6 Å². The van der Waals surface area contributed by atoms with Gasteiger partial charge in [-0.3, -0.25) is 14.7 Å². The van der Waals surface area contributed by atoms with Crippen LogP contribution in [0.5, 0.6) is 5.75 Å². The van der Waals surface area contributed by atoms with Crippen LogP contribution in [0.4, 0.5) is 0 Å². The predicted molar refractivity (Wildman–Crippen MR) is 118 cm³/mol. The summed E-state index contributed by atoms with van der Waals surface area (Å²) < 4.78 is 5.29. The maximum Gasteiger partial charge on any atom is 0.254 e. The molecule has 7 nitrogen and oxygen atoms in total. The zero-order chi connectivity index (χ0) is 21.6. The molecule has 2 fully saturated rings. The summed E-state index contributed by atoms with van der Waals surface area (Å²) in [6, 6.07) is 7.79. The van der Waals surface area contributed by atoms with Crippen molar-refractivity contribution in [2.45, 2.75) is 69.9 Å². The third kappa shape index (κ3) is 5.27. The van der Waals surface area contributed by atoms with Gasteiger partial charge in [-0.05, 0) is 43.4 Å². The van der Waals surface area contributed by atoms with E-state index in [4.69, 9.17) is 4.74 Å².